The summed E-state index contributed by atoms with van der Waals surface area (Å²) in [6, 6.07) is 0. The average Bonchev–Trinajstić information content (AvgIpc) is 1.86. The topological polar surface area (TPSA) is 12.0 Å². The van der Waals surface area contributed by atoms with E-state index in [0.29, 0.717) is 0 Å². The van der Waals surface area contributed by atoms with Crippen molar-refractivity contribution in [3.63, 3.8) is 0 Å². The molecule has 0 aliphatic carbocycles. The molecule has 0 saturated carbocycles. The molecule has 0 unspecified atom stereocenters. The van der Waals surface area contributed by atoms with Gasteiger partial charge in [0.1, 0.15) is 0 Å². The average molecular weight is 183 g/mol. The van der Waals surface area contributed by atoms with Crippen LogP contribution in [-0.2, 0) is 0 Å². The number of dihydropyridines is 1. The maximum absolute atomic E-state index is 11.9. The van der Waals surface area contributed by atoms with Crippen LogP contribution in [0, 0.1) is 5.50 Å². The molecule has 1 rings (SSSR count). The van der Waals surface area contributed by atoms with E-state index >= 15 is 0 Å². The molecule has 0 fully saturated rings. The smallest absolute Gasteiger partial charge is 0.366 e. The Kier molecular flexibility index (Phi) is 2.13. The Morgan fingerprint density at radius 3 is 2.36 bits per heavy atom. The first-order valence-corrected chi connectivity index (χ1v) is 3.13. The lowest BCUT2D eigenvalue weighted by Crippen LogP contribution is -2.24. The summed E-state index contributed by atoms with van der Waals surface area (Å²) in [6.07, 6.45) is -0.889. The van der Waals surface area contributed by atoms with Gasteiger partial charge in [-0.2, -0.15) is 13.2 Å². The third-order valence-electron chi connectivity index (χ3n) is 1.11. The van der Waals surface area contributed by atoms with Gasteiger partial charge < -0.3 is 5.32 Å². The standard InChI is InChI=1S/C6H4ClF3N/c7-5-4(6(8,9)10)2-1-3-11-5/h1-3,11H. The Morgan fingerprint density at radius 1 is 1.36 bits per heavy atom. The van der Waals surface area contributed by atoms with Crippen LogP contribution in [0.4, 0.5) is 13.2 Å². The molecule has 0 amide bonds. The van der Waals surface area contributed by atoms with Crippen molar-refractivity contribution in [2.75, 3.05) is 0 Å². The van der Waals surface area contributed by atoms with Crippen molar-refractivity contribution in [1.29, 1.82) is 0 Å². The summed E-state index contributed by atoms with van der Waals surface area (Å²) >= 11 is 5.23. The van der Waals surface area contributed by atoms with E-state index in [4.69, 9.17) is 11.6 Å². The van der Waals surface area contributed by atoms with Crippen LogP contribution in [0.15, 0.2) is 23.9 Å². The Morgan fingerprint density at radius 2 is 2.00 bits per heavy atom. The maximum Gasteiger partial charge on any atom is 0.416 e. The summed E-state index contributed by atoms with van der Waals surface area (Å²) in [6.45, 7) is 0. The number of halogens is 4. The molecular formula is C6H4ClF3N. The van der Waals surface area contributed by atoms with Gasteiger partial charge in [-0.25, -0.2) is 0 Å². The van der Waals surface area contributed by atoms with Crippen molar-refractivity contribution in [2.24, 2.45) is 0 Å². The van der Waals surface area contributed by atoms with Gasteiger partial charge in [-0.1, -0.05) is 11.6 Å². The van der Waals surface area contributed by atoms with E-state index in [2.05, 4.69) is 5.32 Å². The fourth-order valence-corrected chi connectivity index (χ4v) is 0.869. The fourth-order valence-electron chi connectivity index (χ4n) is 0.635. The van der Waals surface area contributed by atoms with E-state index in [1.807, 2.05) is 0 Å². The van der Waals surface area contributed by atoms with E-state index in [1.165, 1.54) is 12.3 Å². The lowest BCUT2D eigenvalue weighted by Gasteiger charge is -2.17. The van der Waals surface area contributed by atoms with Gasteiger partial charge in [0.2, 0.25) is 0 Å². The van der Waals surface area contributed by atoms with Gasteiger partial charge in [0.05, 0.1) is 5.57 Å². The highest BCUT2D eigenvalue weighted by Crippen LogP contribution is 2.34. The minimum Gasteiger partial charge on any atom is -0.366 e. The molecule has 0 aromatic rings. The SMILES string of the molecule is FC(F)(F)C1=CC=CN[C]1Cl. The number of hydrogen-bond donors (Lipinski definition) is 1. The van der Waals surface area contributed by atoms with Crippen molar-refractivity contribution in [3.05, 3.63) is 29.4 Å². The highest BCUT2D eigenvalue weighted by molar-refractivity contribution is 6.29. The van der Waals surface area contributed by atoms with E-state index in [0.717, 1.165) is 6.08 Å². The number of alkyl halides is 3. The lowest BCUT2D eigenvalue weighted by molar-refractivity contribution is -0.0910. The zero-order chi connectivity index (χ0) is 8.48. The normalized spacial score (nSPS) is 19.5. The van der Waals surface area contributed by atoms with Gasteiger partial charge in [-0.05, 0) is 18.4 Å². The third-order valence-corrected chi connectivity index (χ3v) is 1.42. The molecule has 1 aliphatic heterocycles. The van der Waals surface area contributed by atoms with Crippen LogP contribution >= 0.6 is 11.6 Å². The zero-order valence-corrected chi connectivity index (χ0v) is 6.00. The van der Waals surface area contributed by atoms with Crippen molar-refractivity contribution in [3.8, 4) is 0 Å². The summed E-state index contributed by atoms with van der Waals surface area (Å²) in [5.41, 5.74) is -1.23. The van der Waals surface area contributed by atoms with Crippen LogP contribution in [0.3, 0.4) is 0 Å². The van der Waals surface area contributed by atoms with E-state index < -0.39 is 11.7 Å². The summed E-state index contributed by atoms with van der Waals surface area (Å²) in [5, 5.41) is 2.25. The molecule has 11 heavy (non-hydrogen) atoms. The van der Waals surface area contributed by atoms with E-state index in [-0.39, 0.29) is 5.50 Å². The number of nitrogens with one attached hydrogen (secondary N) is 1. The predicted octanol–water partition coefficient (Wildman–Crippen LogP) is 2.32. The van der Waals surface area contributed by atoms with Crippen LogP contribution in [-0.4, -0.2) is 6.18 Å². The van der Waals surface area contributed by atoms with Crippen molar-refractivity contribution in [1.82, 2.24) is 5.32 Å². The molecule has 61 valence electrons. The Labute approximate surface area is 66.5 Å². The highest BCUT2D eigenvalue weighted by Gasteiger charge is 2.38. The Bertz CT molecular complexity index is 206. The molecule has 0 spiro atoms. The first kappa shape index (κ1) is 8.46. The van der Waals surface area contributed by atoms with Crippen LogP contribution in [0.5, 0.6) is 0 Å². The quantitative estimate of drug-likeness (QED) is 0.567. The van der Waals surface area contributed by atoms with Gasteiger partial charge >= 0.3 is 6.18 Å². The number of allylic oxidation sites excluding steroid dienone is 2. The van der Waals surface area contributed by atoms with Gasteiger partial charge in [-0.15, -0.1) is 0 Å². The van der Waals surface area contributed by atoms with Gasteiger partial charge in [-0.3, -0.25) is 0 Å². The second kappa shape index (κ2) is 2.77. The summed E-state index contributed by atoms with van der Waals surface area (Å²) in [5.74, 6) is 0. The van der Waals surface area contributed by atoms with Crippen molar-refractivity contribution >= 4 is 11.6 Å². The second-order valence-electron chi connectivity index (χ2n) is 1.90. The molecule has 1 radical (unpaired) electrons. The van der Waals surface area contributed by atoms with E-state index in [1.54, 1.807) is 0 Å². The Balaban J connectivity index is 2.84. The molecule has 0 aromatic heterocycles. The molecule has 0 atom stereocenters. The minimum atomic E-state index is -4.38. The molecule has 5 heteroatoms. The maximum atomic E-state index is 11.9. The first-order valence-electron chi connectivity index (χ1n) is 2.75. The lowest BCUT2D eigenvalue weighted by atomic mass is 10.2. The highest BCUT2D eigenvalue weighted by atomic mass is 35.5. The molecule has 0 saturated heterocycles. The Hall–Kier alpha value is -0.640. The molecule has 1 nitrogen and oxygen atoms in total. The van der Waals surface area contributed by atoms with Crippen molar-refractivity contribution in [2.45, 2.75) is 6.18 Å². The zero-order valence-electron chi connectivity index (χ0n) is 5.24. The van der Waals surface area contributed by atoms with Gasteiger partial charge in [0.15, 0.2) is 5.50 Å². The van der Waals surface area contributed by atoms with Gasteiger partial charge in [0, 0.05) is 0 Å². The molecule has 1 N–H and O–H groups in total. The monoisotopic (exact) mass is 182 g/mol. The second-order valence-corrected chi connectivity index (χ2v) is 2.27. The first-order chi connectivity index (χ1) is 5.02. The molecular weight excluding hydrogens is 179 g/mol. The van der Waals surface area contributed by atoms with Crippen LogP contribution in [0.2, 0.25) is 0 Å². The molecule has 0 aromatic carbocycles. The summed E-state index contributed by atoms with van der Waals surface area (Å²) in [7, 11) is 0. The molecule has 1 aliphatic rings. The van der Waals surface area contributed by atoms with Crippen LogP contribution in [0.1, 0.15) is 0 Å². The van der Waals surface area contributed by atoms with E-state index in [9.17, 15) is 13.2 Å². The minimum absolute atomic E-state index is 0.389. The van der Waals surface area contributed by atoms with Gasteiger partial charge in [0.25, 0.3) is 0 Å². The van der Waals surface area contributed by atoms with Crippen LogP contribution < -0.4 is 5.32 Å². The predicted molar refractivity (Wildman–Crippen MR) is 35.5 cm³/mol. The van der Waals surface area contributed by atoms with Crippen molar-refractivity contribution < 1.29 is 13.2 Å². The third kappa shape index (κ3) is 1.89. The summed E-state index contributed by atoms with van der Waals surface area (Å²) in [4.78, 5) is 0. The fraction of sp³-hybridized carbons (Fsp3) is 0.167. The number of rotatable bonds is 0. The largest absolute Gasteiger partial charge is 0.416 e. The summed E-state index contributed by atoms with van der Waals surface area (Å²) < 4.78 is 35.8. The molecule has 1 heterocycles. The van der Waals surface area contributed by atoms with Crippen LogP contribution in [0.25, 0.3) is 0 Å². The molecule has 0 bridgehead atoms. The number of hydrogen-bond acceptors (Lipinski definition) is 1.